The van der Waals surface area contributed by atoms with Crippen LogP contribution < -0.4 is 10.1 Å². The number of hydrogen-bond donors (Lipinski definition) is 1. The minimum Gasteiger partial charge on any atom is -0.454 e. The highest BCUT2D eigenvalue weighted by atomic mass is 16.7. The maximum Gasteiger partial charge on any atom is 0.409 e. The van der Waals surface area contributed by atoms with Crippen LogP contribution in [0.2, 0.25) is 0 Å². The number of carbonyl (C=O) groups is 1. The molecule has 0 saturated heterocycles. The summed E-state index contributed by atoms with van der Waals surface area (Å²) >= 11 is 0. The Balaban J connectivity index is 2.21. The van der Waals surface area contributed by atoms with Crippen molar-refractivity contribution in [1.82, 2.24) is 5.32 Å². The molecule has 16 heavy (non-hydrogen) atoms. The molecule has 4 nitrogen and oxygen atoms in total. The molecule has 1 aromatic rings. The molecule has 1 amide bonds. The van der Waals surface area contributed by atoms with Gasteiger partial charge in [-0.3, -0.25) is 0 Å². The molecule has 1 heterocycles. The van der Waals surface area contributed by atoms with E-state index in [1.807, 2.05) is 32.0 Å². The number of fused-ring (bicyclic) bond motifs is 1. The van der Waals surface area contributed by atoms with E-state index in [1.165, 1.54) is 7.05 Å². The van der Waals surface area contributed by atoms with E-state index in [4.69, 9.17) is 9.47 Å². The van der Waals surface area contributed by atoms with Crippen LogP contribution in [0.3, 0.4) is 0 Å². The van der Waals surface area contributed by atoms with Gasteiger partial charge in [-0.05, 0) is 18.6 Å². The Kier molecular flexibility index (Phi) is 2.73. The molecule has 0 fully saturated rings. The van der Waals surface area contributed by atoms with Crippen molar-refractivity contribution in [1.29, 1.82) is 0 Å². The van der Waals surface area contributed by atoms with Gasteiger partial charge in [-0.25, -0.2) is 4.79 Å². The largest absolute Gasteiger partial charge is 0.454 e. The van der Waals surface area contributed by atoms with Crippen LogP contribution in [0.4, 0.5) is 4.79 Å². The van der Waals surface area contributed by atoms with Crippen molar-refractivity contribution in [3.63, 3.8) is 0 Å². The van der Waals surface area contributed by atoms with Gasteiger partial charge in [0.15, 0.2) is 0 Å². The zero-order valence-corrected chi connectivity index (χ0v) is 9.61. The molecule has 2 atom stereocenters. The van der Waals surface area contributed by atoms with E-state index >= 15 is 0 Å². The van der Waals surface area contributed by atoms with Crippen LogP contribution in [0, 0.1) is 6.92 Å². The van der Waals surface area contributed by atoms with Gasteiger partial charge in [-0.15, -0.1) is 0 Å². The average Bonchev–Trinajstić information content (AvgIpc) is 2.57. The number of nitrogens with one attached hydrogen (secondary N) is 1. The van der Waals surface area contributed by atoms with Gasteiger partial charge in [0.25, 0.3) is 6.29 Å². The van der Waals surface area contributed by atoms with Crippen molar-refractivity contribution in [2.45, 2.75) is 26.1 Å². The first kappa shape index (κ1) is 10.8. The van der Waals surface area contributed by atoms with Gasteiger partial charge >= 0.3 is 6.09 Å². The highest BCUT2D eigenvalue weighted by Crippen LogP contribution is 2.40. The lowest BCUT2D eigenvalue weighted by atomic mass is 9.97. The third-order valence-electron chi connectivity index (χ3n) is 2.82. The van der Waals surface area contributed by atoms with Crippen LogP contribution in [0.25, 0.3) is 0 Å². The van der Waals surface area contributed by atoms with Gasteiger partial charge in [0.2, 0.25) is 0 Å². The Bertz CT molecular complexity index is 417. The summed E-state index contributed by atoms with van der Waals surface area (Å²) in [7, 11) is 1.53. The van der Waals surface area contributed by atoms with Gasteiger partial charge < -0.3 is 14.8 Å². The lowest BCUT2D eigenvalue weighted by molar-refractivity contribution is -0.0293. The molecule has 86 valence electrons. The van der Waals surface area contributed by atoms with Crippen molar-refractivity contribution in [3.8, 4) is 5.75 Å². The number of alkyl carbamates (subject to hydrolysis) is 1. The summed E-state index contributed by atoms with van der Waals surface area (Å²) in [5, 5.41) is 2.41. The number of amides is 1. The van der Waals surface area contributed by atoms with Crippen LogP contribution in [0.5, 0.6) is 5.75 Å². The zero-order chi connectivity index (χ0) is 11.7. The van der Waals surface area contributed by atoms with E-state index in [0.29, 0.717) is 0 Å². The summed E-state index contributed by atoms with van der Waals surface area (Å²) in [6.45, 7) is 4.02. The normalized spacial score (nSPS) is 22.2. The lowest BCUT2D eigenvalue weighted by Crippen LogP contribution is -2.30. The average molecular weight is 221 g/mol. The Labute approximate surface area is 94.6 Å². The topological polar surface area (TPSA) is 47.6 Å². The third-order valence-corrected chi connectivity index (χ3v) is 2.82. The molecule has 2 unspecified atom stereocenters. The van der Waals surface area contributed by atoms with Gasteiger partial charge in [0.05, 0.1) is 5.92 Å². The predicted octanol–water partition coefficient (Wildman–Crippen LogP) is 2.17. The van der Waals surface area contributed by atoms with Gasteiger partial charge in [-0.1, -0.05) is 19.1 Å². The van der Waals surface area contributed by atoms with Crippen LogP contribution in [0.1, 0.15) is 24.0 Å². The van der Waals surface area contributed by atoms with E-state index in [1.54, 1.807) is 0 Å². The van der Waals surface area contributed by atoms with E-state index in [0.717, 1.165) is 16.9 Å². The SMILES string of the molecule is CNC(=O)OC1Oc2cccc(C)c2C1C. The first-order valence-corrected chi connectivity index (χ1v) is 5.28. The second-order valence-electron chi connectivity index (χ2n) is 3.92. The fourth-order valence-corrected chi connectivity index (χ4v) is 1.99. The minimum atomic E-state index is -0.531. The Morgan fingerprint density at radius 2 is 2.25 bits per heavy atom. The third kappa shape index (κ3) is 1.71. The molecule has 1 aliphatic heterocycles. The molecule has 2 rings (SSSR count). The van der Waals surface area contributed by atoms with Crippen molar-refractivity contribution in [2.24, 2.45) is 0 Å². The predicted molar refractivity (Wildman–Crippen MR) is 59.6 cm³/mol. The van der Waals surface area contributed by atoms with E-state index in [9.17, 15) is 4.79 Å². The molecule has 1 aliphatic rings. The summed E-state index contributed by atoms with van der Waals surface area (Å²) < 4.78 is 10.7. The molecule has 0 saturated carbocycles. The van der Waals surface area contributed by atoms with Crippen molar-refractivity contribution >= 4 is 6.09 Å². The zero-order valence-electron chi connectivity index (χ0n) is 9.61. The quantitative estimate of drug-likeness (QED) is 0.790. The Morgan fingerprint density at radius 3 is 2.88 bits per heavy atom. The summed E-state index contributed by atoms with van der Waals surface area (Å²) in [6.07, 6.45) is -1.00. The number of benzene rings is 1. The Morgan fingerprint density at radius 1 is 1.50 bits per heavy atom. The molecular weight excluding hydrogens is 206 g/mol. The highest BCUT2D eigenvalue weighted by molar-refractivity contribution is 5.67. The van der Waals surface area contributed by atoms with Crippen LogP contribution in [-0.2, 0) is 4.74 Å². The van der Waals surface area contributed by atoms with Gasteiger partial charge in [-0.2, -0.15) is 0 Å². The lowest BCUT2D eigenvalue weighted by Gasteiger charge is -2.15. The molecule has 0 aromatic heterocycles. The molecule has 0 radical (unpaired) electrons. The molecule has 0 aliphatic carbocycles. The van der Waals surface area contributed by atoms with Crippen molar-refractivity contribution in [2.75, 3.05) is 7.05 Å². The molecule has 4 heteroatoms. The van der Waals surface area contributed by atoms with Crippen molar-refractivity contribution in [3.05, 3.63) is 29.3 Å². The summed E-state index contributed by atoms with van der Waals surface area (Å²) in [5.74, 6) is 0.870. The number of hydrogen-bond acceptors (Lipinski definition) is 3. The minimum absolute atomic E-state index is 0.0634. The number of ether oxygens (including phenoxy) is 2. The first-order valence-electron chi connectivity index (χ1n) is 5.28. The Hall–Kier alpha value is -1.71. The van der Waals surface area contributed by atoms with Gasteiger partial charge in [0.1, 0.15) is 5.75 Å². The fraction of sp³-hybridized carbons (Fsp3) is 0.417. The first-order chi connectivity index (χ1) is 7.63. The maximum absolute atomic E-state index is 11.1. The number of rotatable bonds is 1. The summed E-state index contributed by atoms with van der Waals surface area (Å²) in [4.78, 5) is 11.1. The maximum atomic E-state index is 11.1. The molecule has 1 N–H and O–H groups in total. The molecule has 0 spiro atoms. The second kappa shape index (κ2) is 4.04. The standard InChI is InChI=1S/C12H15NO3/c1-7-5-4-6-9-10(7)8(2)11(15-9)16-12(14)13-3/h4-6,8,11H,1-3H3,(H,13,14). The number of carbonyl (C=O) groups excluding carboxylic acids is 1. The van der Waals surface area contributed by atoms with Crippen LogP contribution in [-0.4, -0.2) is 19.4 Å². The smallest absolute Gasteiger partial charge is 0.409 e. The molecular formula is C12H15NO3. The summed E-state index contributed by atoms with van der Waals surface area (Å²) in [5.41, 5.74) is 2.28. The fourth-order valence-electron chi connectivity index (χ4n) is 1.99. The highest BCUT2D eigenvalue weighted by Gasteiger charge is 2.34. The van der Waals surface area contributed by atoms with Gasteiger partial charge in [0, 0.05) is 12.6 Å². The van der Waals surface area contributed by atoms with Crippen LogP contribution in [0.15, 0.2) is 18.2 Å². The second-order valence-corrected chi connectivity index (χ2v) is 3.92. The monoisotopic (exact) mass is 221 g/mol. The van der Waals surface area contributed by atoms with E-state index in [2.05, 4.69) is 5.32 Å². The molecule has 0 bridgehead atoms. The van der Waals surface area contributed by atoms with Crippen molar-refractivity contribution < 1.29 is 14.3 Å². The van der Waals surface area contributed by atoms with E-state index < -0.39 is 12.4 Å². The van der Waals surface area contributed by atoms with E-state index in [-0.39, 0.29) is 5.92 Å². The van der Waals surface area contributed by atoms with Crippen LogP contribution >= 0.6 is 0 Å². The number of aryl methyl sites for hydroxylation is 1. The molecule has 1 aromatic carbocycles. The summed E-state index contributed by atoms with van der Waals surface area (Å²) in [6, 6.07) is 5.86.